The highest BCUT2D eigenvalue weighted by Gasteiger charge is 2.19. The zero-order chi connectivity index (χ0) is 9.84. The van der Waals surface area contributed by atoms with Gasteiger partial charge in [-0.15, -0.1) is 4.91 Å². The number of aryl methyl sites for hydroxylation is 1. The summed E-state index contributed by atoms with van der Waals surface area (Å²) in [5.41, 5.74) is 1.42. The Morgan fingerprint density at radius 2 is 1.92 bits per heavy atom. The van der Waals surface area contributed by atoms with Crippen LogP contribution in [-0.2, 0) is 4.79 Å². The van der Waals surface area contributed by atoms with Gasteiger partial charge in [-0.05, 0) is 17.7 Å². The van der Waals surface area contributed by atoms with Gasteiger partial charge in [-0.2, -0.15) is 0 Å². The van der Waals surface area contributed by atoms with Crippen molar-refractivity contribution in [3.63, 3.8) is 0 Å². The Balaban J connectivity index is 2.99. The number of aliphatic carboxylic acids is 1. The minimum atomic E-state index is -1.29. The molecule has 0 aromatic heterocycles. The van der Waals surface area contributed by atoms with E-state index in [1.54, 1.807) is 24.3 Å². The van der Waals surface area contributed by atoms with E-state index >= 15 is 0 Å². The van der Waals surface area contributed by atoms with Gasteiger partial charge in [0.2, 0.25) is 6.04 Å². The van der Waals surface area contributed by atoms with E-state index in [0.717, 1.165) is 5.56 Å². The summed E-state index contributed by atoms with van der Waals surface area (Å²) in [5.74, 6) is -1.22. The Hall–Kier alpha value is -1.71. The van der Waals surface area contributed by atoms with Crippen LogP contribution in [0.2, 0.25) is 0 Å². The number of hydrogen-bond donors (Lipinski definition) is 1. The summed E-state index contributed by atoms with van der Waals surface area (Å²) in [6.45, 7) is 1.88. The van der Waals surface area contributed by atoms with E-state index < -0.39 is 12.0 Å². The summed E-state index contributed by atoms with van der Waals surface area (Å²) in [6, 6.07) is 5.39. The number of carboxylic acid groups (broad SMARTS) is 1. The Kier molecular flexibility index (Phi) is 2.74. The standard InChI is InChI=1S/C9H9NO3/c1-6-2-4-7(5-3-6)8(10-13)9(11)12/h2-5,8H,1H3,(H,11,12)/t8-/m0/s1. The molecule has 68 valence electrons. The summed E-state index contributed by atoms with van der Waals surface area (Å²) < 4.78 is 0. The Labute approximate surface area is 75.2 Å². The molecule has 1 aromatic carbocycles. The van der Waals surface area contributed by atoms with Gasteiger partial charge in [0.25, 0.3) is 0 Å². The van der Waals surface area contributed by atoms with Crippen molar-refractivity contribution in [1.82, 2.24) is 0 Å². The molecule has 0 radical (unpaired) electrons. The van der Waals surface area contributed by atoms with Crippen LogP contribution >= 0.6 is 0 Å². The van der Waals surface area contributed by atoms with E-state index in [9.17, 15) is 9.70 Å². The molecule has 0 bridgehead atoms. The smallest absolute Gasteiger partial charge is 0.336 e. The molecule has 0 unspecified atom stereocenters. The molecule has 1 N–H and O–H groups in total. The molecule has 1 aromatic rings. The number of nitrogens with zero attached hydrogens (tertiary/aromatic N) is 1. The number of carboxylic acids is 1. The van der Waals surface area contributed by atoms with E-state index in [4.69, 9.17) is 5.11 Å². The van der Waals surface area contributed by atoms with Gasteiger partial charge in [-0.3, -0.25) is 0 Å². The molecule has 0 saturated carbocycles. The molecule has 0 aliphatic carbocycles. The van der Waals surface area contributed by atoms with Crippen molar-refractivity contribution >= 4 is 5.97 Å². The van der Waals surface area contributed by atoms with Gasteiger partial charge in [0.15, 0.2) is 0 Å². The van der Waals surface area contributed by atoms with Gasteiger partial charge in [0, 0.05) is 0 Å². The van der Waals surface area contributed by atoms with Crippen LogP contribution < -0.4 is 0 Å². The highest BCUT2D eigenvalue weighted by Crippen LogP contribution is 2.17. The van der Waals surface area contributed by atoms with Crippen LogP contribution in [0.25, 0.3) is 0 Å². The van der Waals surface area contributed by atoms with Crippen LogP contribution in [0.1, 0.15) is 17.2 Å². The molecule has 0 saturated heterocycles. The van der Waals surface area contributed by atoms with E-state index in [0.29, 0.717) is 5.56 Å². The van der Waals surface area contributed by atoms with Crippen molar-refractivity contribution in [2.24, 2.45) is 5.18 Å². The Morgan fingerprint density at radius 3 is 2.31 bits per heavy atom. The first-order valence-corrected chi connectivity index (χ1v) is 3.77. The molecule has 4 heteroatoms. The molecule has 1 rings (SSSR count). The molecule has 1 atom stereocenters. The molecule has 0 heterocycles. The van der Waals surface area contributed by atoms with Gasteiger partial charge in [-0.25, -0.2) is 4.79 Å². The van der Waals surface area contributed by atoms with E-state index in [-0.39, 0.29) is 0 Å². The fourth-order valence-electron chi connectivity index (χ4n) is 0.997. The third kappa shape index (κ3) is 2.11. The monoisotopic (exact) mass is 179 g/mol. The summed E-state index contributed by atoms with van der Waals surface area (Å²) in [5, 5.41) is 11.1. The van der Waals surface area contributed by atoms with Gasteiger partial charge in [-0.1, -0.05) is 29.8 Å². The van der Waals surface area contributed by atoms with Crippen LogP contribution in [0, 0.1) is 11.8 Å². The van der Waals surface area contributed by atoms with Crippen LogP contribution in [0.5, 0.6) is 0 Å². The molecule has 0 amide bonds. The molecule has 0 fully saturated rings. The maximum Gasteiger partial charge on any atom is 0.336 e. The second kappa shape index (κ2) is 3.80. The van der Waals surface area contributed by atoms with E-state index in [2.05, 4.69) is 5.18 Å². The first kappa shape index (κ1) is 9.38. The molecule has 4 nitrogen and oxygen atoms in total. The third-order valence-corrected chi connectivity index (χ3v) is 1.73. The Morgan fingerprint density at radius 1 is 1.38 bits per heavy atom. The molecular weight excluding hydrogens is 170 g/mol. The normalized spacial score (nSPS) is 12.1. The lowest BCUT2D eigenvalue weighted by Gasteiger charge is -2.03. The lowest BCUT2D eigenvalue weighted by Crippen LogP contribution is -2.08. The van der Waals surface area contributed by atoms with Crippen molar-refractivity contribution < 1.29 is 9.90 Å². The number of nitroso groups, excluding NO2 is 1. The predicted molar refractivity (Wildman–Crippen MR) is 47.4 cm³/mol. The van der Waals surface area contributed by atoms with Gasteiger partial charge in [0.1, 0.15) is 0 Å². The summed E-state index contributed by atoms with van der Waals surface area (Å²) >= 11 is 0. The molecule has 0 spiro atoms. The first-order chi connectivity index (χ1) is 6.15. The fraction of sp³-hybridized carbons (Fsp3) is 0.222. The van der Waals surface area contributed by atoms with Crippen LogP contribution in [0.3, 0.4) is 0 Å². The maximum atomic E-state index is 10.5. The average molecular weight is 179 g/mol. The lowest BCUT2D eigenvalue weighted by atomic mass is 10.1. The molecule has 0 aliphatic rings. The zero-order valence-corrected chi connectivity index (χ0v) is 7.10. The van der Waals surface area contributed by atoms with Crippen molar-refractivity contribution in [3.8, 4) is 0 Å². The van der Waals surface area contributed by atoms with Gasteiger partial charge < -0.3 is 5.11 Å². The first-order valence-electron chi connectivity index (χ1n) is 3.77. The van der Waals surface area contributed by atoms with Crippen LogP contribution in [0.4, 0.5) is 0 Å². The van der Waals surface area contributed by atoms with Gasteiger partial charge in [0.05, 0.1) is 0 Å². The fourth-order valence-corrected chi connectivity index (χ4v) is 0.997. The highest BCUT2D eigenvalue weighted by atomic mass is 16.4. The second-order valence-corrected chi connectivity index (χ2v) is 2.76. The second-order valence-electron chi connectivity index (χ2n) is 2.76. The maximum absolute atomic E-state index is 10.5. The number of hydrogen-bond acceptors (Lipinski definition) is 3. The minimum Gasteiger partial charge on any atom is -0.479 e. The highest BCUT2D eigenvalue weighted by molar-refractivity contribution is 5.75. The summed E-state index contributed by atoms with van der Waals surface area (Å²) in [6.07, 6.45) is 0. The topological polar surface area (TPSA) is 66.7 Å². The van der Waals surface area contributed by atoms with Crippen molar-refractivity contribution in [2.45, 2.75) is 13.0 Å². The molecule has 0 aliphatic heterocycles. The number of carbonyl (C=O) groups is 1. The van der Waals surface area contributed by atoms with Crippen molar-refractivity contribution in [1.29, 1.82) is 0 Å². The average Bonchev–Trinajstić information content (AvgIpc) is 2.09. The SMILES string of the molecule is Cc1ccc([C@H](N=O)C(=O)O)cc1. The summed E-state index contributed by atoms with van der Waals surface area (Å²) in [7, 11) is 0. The lowest BCUT2D eigenvalue weighted by molar-refractivity contribution is -0.138. The minimum absolute atomic E-state index is 0.410. The molecular formula is C9H9NO3. The van der Waals surface area contributed by atoms with E-state index in [1.807, 2.05) is 6.92 Å². The third-order valence-electron chi connectivity index (χ3n) is 1.73. The van der Waals surface area contributed by atoms with Crippen molar-refractivity contribution in [2.75, 3.05) is 0 Å². The predicted octanol–water partition coefficient (Wildman–Crippen LogP) is 1.89. The van der Waals surface area contributed by atoms with Gasteiger partial charge >= 0.3 is 5.97 Å². The zero-order valence-electron chi connectivity index (χ0n) is 7.10. The number of rotatable bonds is 3. The van der Waals surface area contributed by atoms with Crippen LogP contribution in [-0.4, -0.2) is 11.1 Å². The van der Waals surface area contributed by atoms with Crippen LogP contribution in [0.15, 0.2) is 29.4 Å². The number of benzene rings is 1. The quantitative estimate of drug-likeness (QED) is 0.720. The Bertz CT molecular complexity index is 318. The largest absolute Gasteiger partial charge is 0.479 e. The summed E-state index contributed by atoms with van der Waals surface area (Å²) in [4.78, 5) is 20.7. The van der Waals surface area contributed by atoms with Crippen molar-refractivity contribution in [3.05, 3.63) is 40.3 Å². The van der Waals surface area contributed by atoms with E-state index in [1.165, 1.54) is 0 Å². The molecule has 13 heavy (non-hydrogen) atoms.